The van der Waals surface area contributed by atoms with Crippen LogP contribution in [-0.2, 0) is 0 Å². The van der Waals surface area contributed by atoms with Gasteiger partial charge in [-0.1, -0.05) is 41.6 Å². The Bertz CT molecular complexity index is 1230. The fourth-order valence-electron chi connectivity index (χ4n) is 4.95. The Morgan fingerprint density at radius 3 is 2.94 bits per heavy atom. The van der Waals surface area contributed by atoms with Gasteiger partial charge in [-0.25, -0.2) is 15.0 Å². The van der Waals surface area contributed by atoms with E-state index in [1.54, 1.807) is 18.5 Å². The van der Waals surface area contributed by atoms with Crippen molar-refractivity contribution in [2.24, 2.45) is 5.73 Å². The molecule has 6 rings (SSSR count). The lowest BCUT2D eigenvalue weighted by Crippen LogP contribution is -2.44. The number of rotatable bonds is 2. The van der Waals surface area contributed by atoms with Gasteiger partial charge in [0, 0.05) is 29.6 Å². The summed E-state index contributed by atoms with van der Waals surface area (Å²) < 4.78 is 12.5. The molecule has 2 aromatic heterocycles. The topological polar surface area (TPSA) is 112 Å². The number of nitrogen functional groups attached to an aromatic ring is 1. The highest BCUT2D eigenvalue weighted by atomic mass is 35.5. The minimum atomic E-state index is -0.400. The van der Waals surface area contributed by atoms with E-state index in [1.165, 1.54) is 11.8 Å². The second-order valence-corrected chi connectivity index (χ2v) is 10.0. The van der Waals surface area contributed by atoms with Gasteiger partial charge in [-0.2, -0.15) is 0 Å². The van der Waals surface area contributed by atoms with Crippen molar-refractivity contribution in [3.63, 3.8) is 0 Å². The van der Waals surface area contributed by atoms with Crippen molar-refractivity contribution in [2.45, 2.75) is 46.9 Å². The molecule has 4 N–H and O–H groups in total. The summed E-state index contributed by atoms with van der Waals surface area (Å²) in [6.45, 7) is 1.33. The Kier molecular flexibility index (Phi) is 5.01. The molecule has 1 spiro atoms. The number of aromatic nitrogens is 3. The number of ether oxygens (including phenoxy) is 2. The number of nitrogens with zero attached hydrogens (tertiary/aromatic N) is 4. The molecule has 1 saturated heterocycles. The lowest BCUT2D eigenvalue weighted by atomic mass is 9.85. The number of halogens is 1. The van der Waals surface area contributed by atoms with Gasteiger partial charge in [0.1, 0.15) is 28.8 Å². The molecule has 10 heteroatoms. The Balaban J connectivity index is 1.24. The monoisotopic (exact) mass is 482 g/mol. The zero-order valence-corrected chi connectivity index (χ0v) is 19.4. The van der Waals surface area contributed by atoms with Crippen LogP contribution in [0.2, 0.25) is 5.02 Å². The summed E-state index contributed by atoms with van der Waals surface area (Å²) in [5.41, 5.74) is 13.2. The second kappa shape index (κ2) is 7.93. The molecule has 170 valence electrons. The van der Waals surface area contributed by atoms with Crippen molar-refractivity contribution >= 4 is 35.0 Å². The van der Waals surface area contributed by atoms with Crippen molar-refractivity contribution in [3.8, 4) is 11.6 Å². The Morgan fingerprint density at radius 1 is 1.18 bits per heavy atom. The van der Waals surface area contributed by atoms with Gasteiger partial charge in [0.15, 0.2) is 5.82 Å². The normalized spacial score (nSPS) is 25.5. The van der Waals surface area contributed by atoms with Crippen LogP contribution in [0.3, 0.4) is 0 Å². The number of benzene rings is 1. The molecule has 8 nitrogen and oxygen atoms in total. The van der Waals surface area contributed by atoms with Crippen LogP contribution in [0.5, 0.6) is 11.6 Å². The van der Waals surface area contributed by atoms with E-state index in [9.17, 15) is 0 Å². The van der Waals surface area contributed by atoms with Crippen LogP contribution >= 0.6 is 23.4 Å². The summed E-state index contributed by atoms with van der Waals surface area (Å²) in [5.74, 6) is 2.49. The summed E-state index contributed by atoms with van der Waals surface area (Å²) in [6, 6.07) is 9.96. The van der Waals surface area contributed by atoms with Gasteiger partial charge in [-0.3, -0.25) is 0 Å². The molecule has 1 aromatic carbocycles. The molecule has 0 amide bonds. The van der Waals surface area contributed by atoms with E-state index in [-0.39, 0.29) is 12.1 Å². The largest absolute Gasteiger partial charge is 0.485 e. The van der Waals surface area contributed by atoms with Gasteiger partial charge in [-0.05, 0) is 25.0 Å². The maximum atomic E-state index is 6.70. The first kappa shape index (κ1) is 20.8. The quantitative estimate of drug-likeness (QED) is 0.562. The van der Waals surface area contributed by atoms with E-state index in [1.807, 2.05) is 18.2 Å². The molecule has 1 fully saturated rings. The number of hydrogen-bond acceptors (Lipinski definition) is 9. The lowest BCUT2D eigenvalue weighted by molar-refractivity contribution is 0.0553. The van der Waals surface area contributed by atoms with Crippen LogP contribution in [0.4, 0.5) is 11.6 Å². The molecule has 33 heavy (non-hydrogen) atoms. The van der Waals surface area contributed by atoms with Crippen molar-refractivity contribution in [1.29, 1.82) is 0 Å². The average Bonchev–Trinajstić information content (AvgIpc) is 2.97. The minimum Gasteiger partial charge on any atom is -0.485 e. The van der Waals surface area contributed by atoms with Gasteiger partial charge >= 0.3 is 0 Å². The van der Waals surface area contributed by atoms with Gasteiger partial charge < -0.3 is 25.8 Å². The predicted octanol–water partition coefficient (Wildman–Crippen LogP) is 3.84. The molecule has 0 bridgehead atoms. The molecule has 0 aliphatic carbocycles. The number of fused-ring (bicyclic) bond motifs is 4. The SMILES string of the molecule is Nc1nccc(Sc2cnc3c(n2)OC[C@H]2CC[C@@]4(CCN32)Oc2ccccc2[C@@H]4N)c1Cl. The van der Waals surface area contributed by atoms with E-state index in [4.69, 9.17) is 42.5 Å². The van der Waals surface area contributed by atoms with Crippen LogP contribution in [0.25, 0.3) is 0 Å². The van der Waals surface area contributed by atoms with Crippen molar-refractivity contribution in [2.75, 3.05) is 23.8 Å². The molecule has 3 atom stereocenters. The third-order valence-corrected chi connectivity index (χ3v) is 8.21. The molecule has 5 heterocycles. The van der Waals surface area contributed by atoms with Crippen LogP contribution in [0.15, 0.2) is 52.6 Å². The summed E-state index contributed by atoms with van der Waals surface area (Å²) in [4.78, 5) is 16.5. The van der Waals surface area contributed by atoms with E-state index in [2.05, 4.69) is 16.0 Å². The highest BCUT2D eigenvalue weighted by Crippen LogP contribution is 2.49. The standard InChI is InChI=1S/C23H23ClN6O2S/c24-18-16(6-9-27-20(18)26)33-17-11-28-21-22(29-17)31-12-13-5-7-23(8-10-30(13)21)19(25)14-3-1-2-4-15(14)32-23/h1-4,6,9,11,13,19H,5,7-8,10,12,25H2,(H2,26,27)/t13-,19+,23+/m1/s1. The van der Waals surface area contributed by atoms with Crippen molar-refractivity contribution < 1.29 is 9.47 Å². The van der Waals surface area contributed by atoms with Crippen LogP contribution < -0.4 is 25.8 Å². The van der Waals surface area contributed by atoms with Gasteiger partial charge in [-0.15, -0.1) is 0 Å². The summed E-state index contributed by atoms with van der Waals surface area (Å²) in [6.07, 6.45) is 5.95. The Morgan fingerprint density at radius 2 is 2.06 bits per heavy atom. The maximum Gasteiger partial charge on any atom is 0.258 e. The molecule has 3 aliphatic heterocycles. The zero-order chi connectivity index (χ0) is 22.6. The predicted molar refractivity (Wildman–Crippen MR) is 127 cm³/mol. The number of para-hydroxylation sites is 1. The molecule has 0 radical (unpaired) electrons. The summed E-state index contributed by atoms with van der Waals surface area (Å²) in [5, 5.41) is 1.09. The number of anilines is 2. The lowest BCUT2D eigenvalue weighted by Gasteiger charge is -2.35. The Hall–Kier alpha value is -2.75. The van der Waals surface area contributed by atoms with Crippen molar-refractivity contribution in [1.82, 2.24) is 15.0 Å². The van der Waals surface area contributed by atoms with E-state index < -0.39 is 5.60 Å². The molecule has 0 unspecified atom stereocenters. The van der Waals surface area contributed by atoms with E-state index in [0.717, 1.165) is 47.8 Å². The third kappa shape index (κ3) is 3.46. The molecule has 3 aromatic rings. The van der Waals surface area contributed by atoms with E-state index >= 15 is 0 Å². The number of pyridine rings is 1. The average molecular weight is 483 g/mol. The minimum absolute atomic E-state index is 0.141. The van der Waals surface area contributed by atoms with Crippen LogP contribution in [-0.4, -0.2) is 39.7 Å². The smallest absolute Gasteiger partial charge is 0.258 e. The molecular formula is C23H23ClN6O2S. The first-order valence-corrected chi connectivity index (χ1v) is 12.1. The third-order valence-electron chi connectivity index (χ3n) is 6.73. The van der Waals surface area contributed by atoms with Crippen molar-refractivity contribution in [3.05, 3.63) is 53.3 Å². The molecule has 3 aliphatic rings. The Labute approximate surface area is 200 Å². The summed E-state index contributed by atoms with van der Waals surface area (Å²) >= 11 is 7.66. The highest BCUT2D eigenvalue weighted by molar-refractivity contribution is 7.99. The van der Waals surface area contributed by atoms with Crippen LogP contribution in [0.1, 0.15) is 30.9 Å². The van der Waals surface area contributed by atoms with Gasteiger partial charge in [0.05, 0.1) is 23.3 Å². The first-order chi connectivity index (χ1) is 16.0. The van der Waals surface area contributed by atoms with E-state index in [0.29, 0.717) is 28.4 Å². The fourth-order valence-corrected chi connectivity index (χ4v) is 5.96. The summed E-state index contributed by atoms with van der Waals surface area (Å²) in [7, 11) is 0. The van der Waals surface area contributed by atoms with Gasteiger partial charge in [0.2, 0.25) is 0 Å². The highest BCUT2D eigenvalue weighted by Gasteiger charge is 2.49. The van der Waals surface area contributed by atoms with Gasteiger partial charge in [0.25, 0.3) is 5.88 Å². The fraction of sp³-hybridized carbons (Fsp3) is 0.348. The molecular weight excluding hydrogens is 460 g/mol. The second-order valence-electron chi connectivity index (χ2n) is 8.58. The first-order valence-electron chi connectivity index (χ1n) is 10.9. The molecule has 0 saturated carbocycles. The zero-order valence-electron chi connectivity index (χ0n) is 17.8. The maximum absolute atomic E-state index is 6.70. The van der Waals surface area contributed by atoms with Crippen LogP contribution in [0, 0.1) is 0 Å². The number of hydrogen-bond donors (Lipinski definition) is 2. The number of nitrogens with two attached hydrogens (primary N) is 2.